The summed E-state index contributed by atoms with van der Waals surface area (Å²) < 4.78 is 29.1. The van der Waals surface area contributed by atoms with E-state index in [1.54, 1.807) is 66.7 Å². The van der Waals surface area contributed by atoms with E-state index in [-0.39, 0.29) is 53.3 Å². The summed E-state index contributed by atoms with van der Waals surface area (Å²) in [5.41, 5.74) is 0.575. The standard InChI is InChI=1S/C31H27BrClN5O4S2/c1-19(33)8-11-31(15-20-9-12-35-13-10-20)30(40)38(27(36-31)14-25(39)22-4-2-21(16-34)3-5-22)29-23-17-37(18-24(23)29)44(41,42)28-7-6-26(32)43-28/h2-10,12-14,23-24,29,36H,11,15,17-18H2,1H3/t23-,24+,29+,31?. The molecule has 13 heteroatoms. The number of halogens is 2. The van der Waals surface area contributed by atoms with Gasteiger partial charge in [-0.05, 0) is 83.4 Å². The molecule has 1 amide bonds. The summed E-state index contributed by atoms with van der Waals surface area (Å²) in [5, 5.41) is 13.1. The van der Waals surface area contributed by atoms with Gasteiger partial charge in [0.1, 0.15) is 15.6 Å². The maximum absolute atomic E-state index is 14.5. The normalized spacial score (nSPS) is 26.0. The lowest BCUT2D eigenvalue weighted by Gasteiger charge is -2.27. The second-order valence-electron chi connectivity index (χ2n) is 11.2. The molecule has 1 aromatic carbocycles. The van der Waals surface area contributed by atoms with Crippen molar-refractivity contribution in [1.29, 1.82) is 5.26 Å². The topological polar surface area (TPSA) is 123 Å². The number of nitrogens with one attached hydrogen (secondary N) is 1. The molecular formula is C31H27BrClN5O4S2. The van der Waals surface area contributed by atoms with Crippen LogP contribution in [0.15, 0.2) is 91.9 Å². The number of piperidine rings is 1. The lowest BCUT2D eigenvalue weighted by atomic mass is 9.87. The first-order valence-corrected chi connectivity index (χ1v) is 17.3. The van der Waals surface area contributed by atoms with E-state index in [2.05, 4.69) is 26.2 Å². The summed E-state index contributed by atoms with van der Waals surface area (Å²) in [4.78, 5) is 33.7. The zero-order valence-electron chi connectivity index (χ0n) is 23.5. The van der Waals surface area contributed by atoms with Crippen molar-refractivity contribution in [3.8, 4) is 6.07 Å². The number of allylic oxidation sites excluding steroid dienone is 2. The lowest BCUT2D eigenvalue weighted by Crippen LogP contribution is -2.49. The van der Waals surface area contributed by atoms with Crippen molar-refractivity contribution in [1.82, 2.24) is 19.5 Å². The number of benzene rings is 1. The Kier molecular flexibility index (Phi) is 8.28. The van der Waals surface area contributed by atoms with Crippen LogP contribution < -0.4 is 5.32 Å². The number of nitrogens with zero attached hydrogens (tertiary/aromatic N) is 4. The Hall–Kier alpha value is -3.34. The smallest absolute Gasteiger partial charge is 0.254 e. The monoisotopic (exact) mass is 711 g/mol. The van der Waals surface area contributed by atoms with E-state index < -0.39 is 15.6 Å². The van der Waals surface area contributed by atoms with Gasteiger partial charge in [0, 0.05) is 66.5 Å². The molecule has 0 spiro atoms. The SMILES string of the molecule is CC(Cl)=CCC1(Cc2ccncc2)NC(=CC(=O)c2ccc(C#N)cc2)N([C@H]2[C@@H]3CN(S(=O)(=O)c4ccc(Br)s4)C[C@@H]32)C1=O. The molecule has 1 unspecified atom stereocenters. The largest absolute Gasteiger partial charge is 0.357 e. The molecule has 44 heavy (non-hydrogen) atoms. The summed E-state index contributed by atoms with van der Waals surface area (Å²) >= 11 is 10.7. The van der Waals surface area contributed by atoms with Gasteiger partial charge in [0.2, 0.25) is 0 Å². The molecule has 226 valence electrons. The number of sulfonamides is 1. The average molecular weight is 713 g/mol. The summed E-state index contributed by atoms with van der Waals surface area (Å²) in [7, 11) is -3.65. The molecule has 1 N–H and O–H groups in total. The van der Waals surface area contributed by atoms with Crippen molar-refractivity contribution in [2.24, 2.45) is 11.8 Å². The van der Waals surface area contributed by atoms with E-state index in [4.69, 9.17) is 16.9 Å². The third kappa shape index (κ3) is 5.75. The average Bonchev–Trinajstić information content (AvgIpc) is 3.35. The minimum atomic E-state index is -3.65. The fraction of sp³-hybridized carbons (Fsp3) is 0.290. The molecule has 9 nitrogen and oxygen atoms in total. The van der Waals surface area contributed by atoms with Crippen LogP contribution in [0.25, 0.3) is 0 Å². The number of rotatable bonds is 9. The fourth-order valence-electron chi connectivity index (χ4n) is 6.11. The van der Waals surface area contributed by atoms with Crippen LogP contribution in [0.5, 0.6) is 0 Å². The predicted molar refractivity (Wildman–Crippen MR) is 170 cm³/mol. The van der Waals surface area contributed by atoms with Crippen molar-refractivity contribution < 1.29 is 18.0 Å². The van der Waals surface area contributed by atoms with Crippen molar-refractivity contribution in [3.05, 3.63) is 104 Å². The van der Waals surface area contributed by atoms with Crippen LogP contribution in [0.4, 0.5) is 0 Å². The zero-order valence-corrected chi connectivity index (χ0v) is 27.5. The molecule has 2 aliphatic heterocycles. The number of pyridine rings is 1. The second-order valence-corrected chi connectivity index (χ2v) is 16.4. The lowest BCUT2D eigenvalue weighted by molar-refractivity contribution is -0.132. The molecule has 3 fully saturated rings. The Labute approximate surface area is 273 Å². The highest BCUT2D eigenvalue weighted by Gasteiger charge is 2.65. The van der Waals surface area contributed by atoms with Gasteiger partial charge in [-0.25, -0.2) is 8.42 Å². The number of ketones is 1. The van der Waals surface area contributed by atoms with Crippen LogP contribution in [0.2, 0.25) is 0 Å². The van der Waals surface area contributed by atoms with Crippen LogP contribution in [-0.4, -0.2) is 59.0 Å². The van der Waals surface area contributed by atoms with E-state index >= 15 is 0 Å². The summed E-state index contributed by atoms with van der Waals surface area (Å²) in [6.07, 6.45) is 7.15. The van der Waals surface area contributed by atoms with Crippen molar-refractivity contribution in [2.45, 2.75) is 35.6 Å². The Morgan fingerprint density at radius 1 is 1.18 bits per heavy atom. The number of fused-ring (bicyclic) bond motifs is 1. The minimum Gasteiger partial charge on any atom is -0.357 e. The second kappa shape index (κ2) is 11.9. The quantitative estimate of drug-likeness (QED) is 0.243. The van der Waals surface area contributed by atoms with Gasteiger partial charge in [-0.2, -0.15) is 9.57 Å². The molecule has 3 aliphatic rings. The molecule has 6 rings (SSSR count). The third-order valence-corrected chi connectivity index (χ3v) is 12.4. The first-order valence-electron chi connectivity index (χ1n) is 13.9. The Balaban J connectivity index is 1.33. The van der Waals surface area contributed by atoms with Crippen LogP contribution in [0.1, 0.15) is 34.8 Å². The molecule has 0 radical (unpaired) electrons. The van der Waals surface area contributed by atoms with Crippen molar-refractivity contribution >= 4 is 60.6 Å². The molecule has 3 aromatic rings. The highest BCUT2D eigenvalue weighted by atomic mass is 79.9. The molecule has 1 aliphatic carbocycles. The minimum absolute atomic E-state index is 0.0747. The Bertz CT molecular complexity index is 1820. The van der Waals surface area contributed by atoms with Gasteiger partial charge < -0.3 is 5.32 Å². The van der Waals surface area contributed by atoms with Crippen LogP contribution in [-0.2, 0) is 21.2 Å². The highest BCUT2D eigenvalue weighted by Crippen LogP contribution is 2.53. The van der Waals surface area contributed by atoms with Gasteiger partial charge in [0.25, 0.3) is 15.9 Å². The molecule has 0 bridgehead atoms. The number of carbonyl (C=O) groups is 2. The number of thiophene rings is 1. The van der Waals surface area contributed by atoms with Crippen molar-refractivity contribution in [3.63, 3.8) is 0 Å². The highest BCUT2D eigenvalue weighted by molar-refractivity contribution is 9.11. The Morgan fingerprint density at radius 3 is 2.45 bits per heavy atom. The Morgan fingerprint density at radius 2 is 1.86 bits per heavy atom. The maximum atomic E-state index is 14.5. The molecular weight excluding hydrogens is 686 g/mol. The number of aromatic nitrogens is 1. The maximum Gasteiger partial charge on any atom is 0.254 e. The molecule has 2 saturated heterocycles. The molecule has 2 aromatic heterocycles. The number of carbonyl (C=O) groups excluding carboxylic acids is 2. The van der Waals surface area contributed by atoms with Gasteiger partial charge in [0.05, 0.1) is 15.4 Å². The van der Waals surface area contributed by atoms with Gasteiger partial charge in [-0.15, -0.1) is 11.3 Å². The zero-order chi connectivity index (χ0) is 31.2. The molecule has 1 saturated carbocycles. The number of hydrogen-bond acceptors (Lipinski definition) is 8. The molecule has 4 atom stereocenters. The summed E-state index contributed by atoms with van der Waals surface area (Å²) in [6.45, 7) is 2.31. The first-order chi connectivity index (χ1) is 21.0. The van der Waals surface area contributed by atoms with Crippen LogP contribution in [0.3, 0.4) is 0 Å². The fourth-order valence-corrected chi connectivity index (χ4v) is 9.87. The third-order valence-electron chi connectivity index (χ3n) is 8.36. The van der Waals surface area contributed by atoms with E-state index in [1.807, 2.05) is 18.2 Å². The molecule has 4 heterocycles. The van der Waals surface area contributed by atoms with E-state index in [0.29, 0.717) is 28.4 Å². The van der Waals surface area contributed by atoms with Gasteiger partial charge >= 0.3 is 0 Å². The van der Waals surface area contributed by atoms with Crippen molar-refractivity contribution in [2.75, 3.05) is 13.1 Å². The van der Waals surface area contributed by atoms with Gasteiger partial charge in [-0.3, -0.25) is 19.5 Å². The van der Waals surface area contributed by atoms with Gasteiger partial charge in [-0.1, -0.05) is 17.7 Å². The summed E-state index contributed by atoms with van der Waals surface area (Å²) in [5.74, 6) is -0.297. The van der Waals surface area contributed by atoms with Crippen LogP contribution >= 0.6 is 38.9 Å². The first kappa shape index (κ1) is 30.7. The number of hydrogen-bond donors (Lipinski definition) is 1. The van der Waals surface area contributed by atoms with Crippen LogP contribution in [0, 0.1) is 23.2 Å². The van der Waals surface area contributed by atoms with Gasteiger partial charge in [0.15, 0.2) is 5.78 Å². The number of nitriles is 1. The van der Waals surface area contributed by atoms with E-state index in [1.165, 1.54) is 21.7 Å². The van der Waals surface area contributed by atoms with E-state index in [9.17, 15) is 18.0 Å². The predicted octanol–water partition coefficient (Wildman–Crippen LogP) is 5.07. The summed E-state index contributed by atoms with van der Waals surface area (Å²) in [6, 6.07) is 15.1. The van der Waals surface area contributed by atoms with E-state index in [0.717, 1.165) is 9.35 Å². The number of amides is 1.